The Kier molecular flexibility index (Phi) is 4.65. The van der Waals surface area contributed by atoms with Crippen molar-refractivity contribution in [3.8, 4) is 0 Å². The van der Waals surface area contributed by atoms with Gasteiger partial charge in [-0.3, -0.25) is 29.4 Å². The second kappa shape index (κ2) is 7.21. The van der Waals surface area contributed by atoms with Crippen LogP contribution in [0.1, 0.15) is 28.7 Å². The first kappa shape index (κ1) is 21.3. The molecule has 4 N–H and O–H groups in total. The smallest absolute Gasteiger partial charge is 0.250 e. The Morgan fingerprint density at radius 3 is 2.45 bits per heavy atom. The summed E-state index contributed by atoms with van der Waals surface area (Å²) < 4.78 is 13.3. The van der Waals surface area contributed by atoms with E-state index in [0.29, 0.717) is 16.8 Å². The van der Waals surface area contributed by atoms with Gasteiger partial charge >= 0.3 is 0 Å². The van der Waals surface area contributed by atoms with Crippen molar-refractivity contribution in [3.63, 3.8) is 0 Å². The Hall–Kier alpha value is -3.59. The van der Waals surface area contributed by atoms with E-state index in [9.17, 15) is 23.6 Å². The van der Waals surface area contributed by atoms with E-state index < -0.39 is 52.9 Å². The summed E-state index contributed by atoms with van der Waals surface area (Å²) in [5.41, 5.74) is 7.58. The number of anilines is 1. The molecule has 170 valence electrons. The lowest BCUT2D eigenvalue weighted by atomic mass is 9.76. The summed E-state index contributed by atoms with van der Waals surface area (Å²) in [4.78, 5) is 53.4. The number of nitrogens with one attached hydrogen (secondary N) is 2. The zero-order chi connectivity index (χ0) is 23.7. The number of halogens is 1. The minimum absolute atomic E-state index is 0.0499. The summed E-state index contributed by atoms with van der Waals surface area (Å²) in [6.07, 6.45) is -0.195. The number of primary amides is 1. The lowest BCUT2D eigenvalue weighted by Gasteiger charge is -2.29. The van der Waals surface area contributed by atoms with Gasteiger partial charge in [-0.15, -0.1) is 0 Å². The molecule has 0 aliphatic carbocycles. The van der Waals surface area contributed by atoms with Crippen molar-refractivity contribution < 1.29 is 23.6 Å². The number of amides is 4. The van der Waals surface area contributed by atoms with Crippen LogP contribution in [0.5, 0.6) is 0 Å². The fourth-order valence-electron chi connectivity index (χ4n) is 5.50. The standard InChI is InChI=1S/C24H23FN4O4/c1-11-3-8-15-20(12(11)2)27-23(33)24(15)19-18(16(28-24)9-17(26)30)21(31)29(22(19)32)10-13-4-6-14(25)7-5-13/h3-8,16,18-19,28H,9-10H2,1-2H3,(H2,26,30)(H,27,33)/t16-,18+,19-,24+/m0/s1. The number of hydrogen-bond donors (Lipinski definition) is 3. The molecular weight excluding hydrogens is 427 g/mol. The SMILES string of the molecule is Cc1ccc2c(c1C)NC(=O)[C@@]21N[C@@H](CC(N)=O)[C@H]2C(=O)N(Cc3ccc(F)cc3)C(=O)[C@H]21. The molecule has 3 heterocycles. The molecule has 33 heavy (non-hydrogen) atoms. The highest BCUT2D eigenvalue weighted by Crippen LogP contribution is 2.54. The van der Waals surface area contributed by atoms with Crippen LogP contribution in [0.25, 0.3) is 0 Å². The predicted molar refractivity (Wildman–Crippen MR) is 116 cm³/mol. The maximum Gasteiger partial charge on any atom is 0.250 e. The number of hydrogen-bond acceptors (Lipinski definition) is 5. The highest BCUT2D eigenvalue weighted by molar-refractivity contribution is 6.15. The van der Waals surface area contributed by atoms with E-state index in [2.05, 4.69) is 10.6 Å². The summed E-state index contributed by atoms with van der Waals surface area (Å²) >= 11 is 0. The van der Waals surface area contributed by atoms with Crippen molar-refractivity contribution in [2.24, 2.45) is 17.6 Å². The Labute approximate surface area is 189 Å². The number of fused-ring (bicyclic) bond motifs is 4. The Morgan fingerprint density at radius 2 is 1.79 bits per heavy atom. The molecule has 4 amide bonds. The molecular formula is C24H23FN4O4. The maximum absolute atomic E-state index is 13.7. The monoisotopic (exact) mass is 450 g/mol. The van der Waals surface area contributed by atoms with Crippen molar-refractivity contribution in [1.82, 2.24) is 10.2 Å². The highest BCUT2D eigenvalue weighted by Gasteiger charge is 2.70. The molecule has 1 spiro atoms. The van der Waals surface area contributed by atoms with E-state index >= 15 is 0 Å². The Balaban J connectivity index is 1.61. The zero-order valence-corrected chi connectivity index (χ0v) is 18.1. The number of imide groups is 1. The number of carbonyl (C=O) groups is 4. The number of nitrogens with two attached hydrogens (primary N) is 1. The molecule has 0 saturated carbocycles. The van der Waals surface area contributed by atoms with Gasteiger partial charge in [0.05, 0.1) is 18.4 Å². The third kappa shape index (κ3) is 2.92. The van der Waals surface area contributed by atoms with Crippen LogP contribution in [0.15, 0.2) is 36.4 Å². The molecule has 0 radical (unpaired) electrons. The van der Waals surface area contributed by atoms with Crippen molar-refractivity contribution in [2.45, 2.75) is 38.4 Å². The number of likely N-dealkylation sites (tertiary alicyclic amines) is 1. The summed E-state index contributed by atoms with van der Waals surface area (Å²) in [7, 11) is 0. The third-order valence-corrected chi connectivity index (χ3v) is 7.19. The molecule has 9 heteroatoms. The van der Waals surface area contributed by atoms with E-state index in [4.69, 9.17) is 5.73 Å². The first-order chi connectivity index (χ1) is 15.6. The van der Waals surface area contributed by atoms with Crippen LogP contribution in [-0.4, -0.2) is 34.6 Å². The quantitative estimate of drug-likeness (QED) is 0.605. The molecule has 3 aliphatic rings. The second-order valence-electron chi connectivity index (χ2n) is 9.01. The van der Waals surface area contributed by atoms with Crippen LogP contribution in [0.3, 0.4) is 0 Å². The average molecular weight is 450 g/mol. The van der Waals surface area contributed by atoms with E-state index in [1.165, 1.54) is 24.3 Å². The molecule has 2 saturated heterocycles. The van der Waals surface area contributed by atoms with Gasteiger partial charge < -0.3 is 11.1 Å². The minimum atomic E-state index is -1.48. The number of aryl methyl sites for hydroxylation is 1. The normalized spacial score (nSPS) is 27.8. The number of carbonyl (C=O) groups excluding carboxylic acids is 4. The largest absolute Gasteiger partial charge is 0.370 e. The van der Waals surface area contributed by atoms with Gasteiger partial charge in [0.15, 0.2) is 0 Å². The minimum Gasteiger partial charge on any atom is -0.370 e. The summed E-state index contributed by atoms with van der Waals surface area (Å²) in [6.45, 7) is 3.75. The Morgan fingerprint density at radius 1 is 1.09 bits per heavy atom. The molecule has 0 aromatic heterocycles. The average Bonchev–Trinajstić information content (AvgIpc) is 3.33. The predicted octanol–water partition coefficient (Wildman–Crippen LogP) is 1.24. The van der Waals surface area contributed by atoms with E-state index in [0.717, 1.165) is 16.0 Å². The maximum atomic E-state index is 13.7. The van der Waals surface area contributed by atoms with Gasteiger partial charge in [0.2, 0.25) is 23.6 Å². The molecule has 5 rings (SSSR count). The van der Waals surface area contributed by atoms with E-state index in [-0.39, 0.29) is 13.0 Å². The second-order valence-corrected chi connectivity index (χ2v) is 9.01. The van der Waals surface area contributed by atoms with Gasteiger partial charge in [0.25, 0.3) is 0 Å². The van der Waals surface area contributed by atoms with Crippen molar-refractivity contribution in [3.05, 3.63) is 64.5 Å². The first-order valence-electron chi connectivity index (χ1n) is 10.7. The van der Waals surface area contributed by atoms with Gasteiger partial charge in [-0.1, -0.05) is 24.3 Å². The summed E-state index contributed by atoms with van der Waals surface area (Å²) in [5, 5.41) is 6.06. The van der Waals surface area contributed by atoms with Crippen molar-refractivity contribution >= 4 is 29.3 Å². The number of nitrogens with zero attached hydrogens (tertiary/aromatic N) is 1. The number of rotatable bonds is 4. The molecule has 2 aromatic carbocycles. The van der Waals surface area contributed by atoms with Gasteiger partial charge in [-0.05, 0) is 42.7 Å². The third-order valence-electron chi connectivity index (χ3n) is 7.19. The molecule has 0 bridgehead atoms. The molecule has 0 unspecified atom stereocenters. The summed E-state index contributed by atoms with van der Waals surface area (Å²) in [6, 6.07) is 8.39. The topological polar surface area (TPSA) is 122 Å². The molecule has 2 fully saturated rings. The zero-order valence-electron chi connectivity index (χ0n) is 18.1. The van der Waals surface area contributed by atoms with Crippen molar-refractivity contribution in [2.75, 3.05) is 5.32 Å². The van der Waals surface area contributed by atoms with E-state index in [1.54, 1.807) is 6.07 Å². The molecule has 2 aromatic rings. The van der Waals surface area contributed by atoms with Gasteiger partial charge in [0.1, 0.15) is 11.4 Å². The van der Waals surface area contributed by atoms with Crippen molar-refractivity contribution in [1.29, 1.82) is 0 Å². The van der Waals surface area contributed by atoms with Gasteiger partial charge in [-0.25, -0.2) is 4.39 Å². The van der Waals surface area contributed by atoms with Crippen LogP contribution in [0.4, 0.5) is 10.1 Å². The van der Waals surface area contributed by atoms with Gasteiger partial charge in [-0.2, -0.15) is 0 Å². The number of benzene rings is 2. The fourth-order valence-corrected chi connectivity index (χ4v) is 5.50. The van der Waals surface area contributed by atoms with E-state index in [1.807, 2.05) is 19.9 Å². The lowest BCUT2D eigenvalue weighted by molar-refractivity contribution is -0.143. The van der Waals surface area contributed by atoms with Crippen LogP contribution in [-0.2, 0) is 31.3 Å². The highest BCUT2D eigenvalue weighted by atomic mass is 19.1. The Bertz CT molecular complexity index is 1230. The molecule has 8 nitrogen and oxygen atoms in total. The van der Waals surface area contributed by atoms with Gasteiger partial charge in [0, 0.05) is 23.7 Å². The first-order valence-corrected chi connectivity index (χ1v) is 10.7. The van der Waals surface area contributed by atoms with Crippen LogP contribution in [0, 0.1) is 31.5 Å². The van der Waals surface area contributed by atoms with Crippen LogP contribution in [0.2, 0.25) is 0 Å². The fraction of sp³-hybridized carbons (Fsp3) is 0.333. The summed E-state index contributed by atoms with van der Waals surface area (Å²) in [5.74, 6) is -4.44. The lowest BCUT2D eigenvalue weighted by Crippen LogP contribution is -2.53. The van der Waals surface area contributed by atoms with Crippen LogP contribution < -0.4 is 16.4 Å². The van der Waals surface area contributed by atoms with Crippen LogP contribution >= 0.6 is 0 Å². The molecule has 3 aliphatic heterocycles. The molecule has 4 atom stereocenters.